The van der Waals surface area contributed by atoms with E-state index in [9.17, 15) is 0 Å². The summed E-state index contributed by atoms with van der Waals surface area (Å²) in [5.41, 5.74) is 3.57. The van der Waals surface area contributed by atoms with Gasteiger partial charge in [-0.25, -0.2) is 4.52 Å². The number of rotatable bonds is 6. The van der Waals surface area contributed by atoms with Gasteiger partial charge in [-0.3, -0.25) is 0 Å². The molecule has 1 aromatic carbocycles. The van der Waals surface area contributed by atoms with Crippen molar-refractivity contribution in [3.63, 3.8) is 0 Å². The van der Waals surface area contributed by atoms with Gasteiger partial charge >= 0.3 is 0 Å². The van der Waals surface area contributed by atoms with Crippen molar-refractivity contribution in [3.05, 3.63) is 66.0 Å². The molecule has 0 aliphatic carbocycles. The van der Waals surface area contributed by atoms with Crippen molar-refractivity contribution in [2.45, 2.75) is 20.0 Å². The van der Waals surface area contributed by atoms with Crippen LogP contribution in [0, 0.1) is 0 Å². The van der Waals surface area contributed by atoms with Gasteiger partial charge in [0.15, 0.2) is 0 Å². The third kappa shape index (κ3) is 3.23. The average molecular weight is 281 g/mol. The number of ether oxygens (including phenoxy) is 1. The van der Waals surface area contributed by atoms with Crippen LogP contribution in [0.4, 0.5) is 0 Å². The Labute approximate surface area is 124 Å². The van der Waals surface area contributed by atoms with Gasteiger partial charge in [0.1, 0.15) is 5.75 Å². The van der Waals surface area contributed by atoms with Crippen LogP contribution >= 0.6 is 0 Å². The van der Waals surface area contributed by atoms with Crippen LogP contribution in [-0.2, 0) is 13.1 Å². The summed E-state index contributed by atoms with van der Waals surface area (Å²) in [5, 5.41) is 7.80. The molecule has 4 heteroatoms. The van der Waals surface area contributed by atoms with E-state index in [4.69, 9.17) is 4.74 Å². The van der Waals surface area contributed by atoms with Crippen LogP contribution in [-0.4, -0.2) is 16.2 Å². The quantitative estimate of drug-likeness (QED) is 0.755. The van der Waals surface area contributed by atoms with Crippen LogP contribution in [0.2, 0.25) is 0 Å². The zero-order chi connectivity index (χ0) is 14.5. The molecule has 0 atom stereocenters. The molecule has 2 heterocycles. The number of nitrogens with zero attached hydrogens (tertiary/aromatic N) is 2. The molecular weight excluding hydrogens is 262 g/mol. The molecule has 21 heavy (non-hydrogen) atoms. The van der Waals surface area contributed by atoms with E-state index in [2.05, 4.69) is 28.6 Å². The van der Waals surface area contributed by atoms with Gasteiger partial charge in [-0.2, -0.15) is 5.10 Å². The monoisotopic (exact) mass is 281 g/mol. The fourth-order valence-corrected chi connectivity index (χ4v) is 2.38. The third-order valence-electron chi connectivity index (χ3n) is 3.36. The second-order valence-corrected chi connectivity index (χ2v) is 4.88. The van der Waals surface area contributed by atoms with E-state index in [0.717, 1.165) is 24.4 Å². The number of hydrogen-bond acceptors (Lipinski definition) is 3. The van der Waals surface area contributed by atoms with Gasteiger partial charge in [0.05, 0.1) is 18.3 Å². The van der Waals surface area contributed by atoms with Crippen molar-refractivity contribution in [2.24, 2.45) is 0 Å². The molecule has 0 radical (unpaired) electrons. The molecule has 0 saturated heterocycles. The summed E-state index contributed by atoms with van der Waals surface area (Å²) in [6.07, 6.45) is 3.88. The normalized spacial score (nSPS) is 10.9. The Morgan fingerprint density at radius 1 is 1.14 bits per heavy atom. The van der Waals surface area contributed by atoms with Gasteiger partial charge in [0.25, 0.3) is 0 Å². The highest BCUT2D eigenvalue weighted by Gasteiger charge is 2.03. The highest BCUT2D eigenvalue weighted by molar-refractivity contribution is 5.53. The van der Waals surface area contributed by atoms with Crippen LogP contribution in [0.3, 0.4) is 0 Å². The van der Waals surface area contributed by atoms with E-state index in [1.807, 2.05) is 48.1 Å². The number of nitrogens with one attached hydrogen (secondary N) is 1. The SMILES string of the molecule is CCOc1cccc(CNCc2cnn3ccccc23)c1. The molecule has 0 unspecified atom stereocenters. The first-order valence-electron chi connectivity index (χ1n) is 7.20. The van der Waals surface area contributed by atoms with Gasteiger partial charge < -0.3 is 10.1 Å². The average Bonchev–Trinajstić information content (AvgIpc) is 2.92. The maximum atomic E-state index is 5.52. The molecule has 0 aliphatic rings. The Hall–Kier alpha value is -2.33. The summed E-state index contributed by atoms with van der Waals surface area (Å²) in [6, 6.07) is 14.3. The lowest BCUT2D eigenvalue weighted by molar-refractivity contribution is 0.340. The molecule has 1 N–H and O–H groups in total. The molecular formula is C17H19N3O. The Balaban J connectivity index is 1.62. The predicted molar refractivity (Wildman–Crippen MR) is 83.3 cm³/mol. The first-order valence-corrected chi connectivity index (χ1v) is 7.20. The number of fused-ring (bicyclic) bond motifs is 1. The second-order valence-electron chi connectivity index (χ2n) is 4.88. The molecule has 3 aromatic rings. The van der Waals surface area contributed by atoms with Crippen LogP contribution in [0.15, 0.2) is 54.9 Å². The van der Waals surface area contributed by atoms with E-state index in [1.165, 1.54) is 11.1 Å². The first-order chi connectivity index (χ1) is 10.4. The molecule has 108 valence electrons. The second kappa shape index (κ2) is 6.41. The van der Waals surface area contributed by atoms with E-state index in [1.54, 1.807) is 0 Å². The summed E-state index contributed by atoms with van der Waals surface area (Å²) in [7, 11) is 0. The molecule has 0 amide bonds. The minimum absolute atomic E-state index is 0.694. The molecule has 0 saturated carbocycles. The molecule has 0 bridgehead atoms. The van der Waals surface area contributed by atoms with Gasteiger partial charge in [0, 0.05) is 24.8 Å². The Kier molecular flexibility index (Phi) is 4.17. The van der Waals surface area contributed by atoms with Crippen molar-refractivity contribution in [1.29, 1.82) is 0 Å². The smallest absolute Gasteiger partial charge is 0.119 e. The molecule has 3 rings (SSSR count). The van der Waals surface area contributed by atoms with E-state index >= 15 is 0 Å². The lowest BCUT2D eigenvalue weighted by Gasteiger charge is -2.07. The van der Waals surface area contributed by atoms with Gasteiger partial charge in [-0.1, -0.05) is 18.2 Å². The zero-order valence-corrected chi connectivity index (χ0v) is 12.1. The fourth-order valence-electron chi connectivity index (χ4n) is 2.38. The van der Waals surface area contributed by atoms with Crippen molar-refractivity contribution >= 4 is 5.52 Å². The van der Waals surface area contributed by atoms with Gasteiger partial charge in [-0.15, -0.1) is 0 Å². The van der Waals surface area contributed by atoms with Crippen molar-refractivity contribution in [3.8, 4) is 5.75 Å². The molecule has 4 nitrogen and oxygen atoms in total. The lowest BCUT2D eigenvalue weighted by atomic mass is 10.2. The number of aromatic nitrogens is 2. The fraction of sp³-hybridized carbons (Fsp3) is 0.235. The largest absolute Gasteiger partial charge is 0.494 e. The Morgan fingerprint density at radius 3 is 3.00 bits per heavy atom. The zero-order valence-electron chi connectivity index (χ0n) is 12.1. The maximum absolute atomic E-state index is 5.52. The van der Waals surface area contributed by atoms with E-state index in [0.29, 0.717) is 6.61 Å². The van der Waals surface area contributed by atoms with E-state index < -0.39 is 0 Å². The summed E-state index contributed by atoms with van der Waals surface area (Å²) >= 11 is 0. The lowest BCUT2D eigenvalue weighted by Crippen LogP contribution is -2.12. The number of hydrogen-bond donors (Lipinski definition) is 1. The molecule has 0 aliphatic heterocycles. The highest BCUT2D eigenvalue weighted by atomic mass is 16.5. The topological polar surface area (TPSA) is 38.6 Å². The van der Waals surface area contributed by atoms with Gasteiger partial charge in [-0.05, 0) is 36.8 Å². The summed E-state index contributed by atoms with van der Waals surface area (Å²) in [4.78, 5) is 0. The van der Waals surface area contributed by atoms with Crippen LogP contribution in [0.1, 0.15) is 18.1 Å². The minimum atomic E-state index is 0.694. The van der Waals surface area contributed by atoms with Crippen molar-refractivity contribution in [2.75, 3.05) is 6.61 Å². The molecule has 2 aromatic heterocycles. The van der Waals surface area contributed by atoms with Crippen LogP contribution < -0.4 is 10.1 Å². The maximum Gasteiger partial charge on any atom is 0.119 e. The first kappa shape index (κ1) is 13.6. The number of benzene rings is 1. The summed E-state index contributed by atoms with van der Waals surface area (Å²) in [6.45, 7) is 4.30. The van der Waals surface area contributed by atoms with Crippen LogP contribution in [0.25, 0.3) is 5.52 Å². The standard InChI is InChI=1S/C17H19N3O/c1-2-21-16-7-5-6-14(10-16)11-18-12-15-13-19-20-9-4-3-8-17(15)20/h3-10,13,18H,2,11-12H2,1H3. The van der Waals surface area contributed by atoms with Gasteiger partial charge in [0.2, 0.25) is 0 Å². The summed E-state index contributed by atoms with van der Waals surface area (Å²) in [5.74, 6) is 0.924. The highest BCUT2D eigenvalue weighted by Crippen LogP contribution is 2.14. The van der Waals surface area contributed by atoms with Crippen molar-refractivity contribution in [1.82, 2.24) is 14.9 Å². The summed E-state index contributed by atoms with van der Waals surface area (Å²) < 4.78 is 7.41. The Morgan fingerprint density at radius 2 is 2.10 bits per heavy atom. The predicted octanol–water partition coefficient (Wildman–Crippen LogP) is 3.02. The van der Waals surface area contributed by atoms with Crippen molar-refractivity contribution < 1.29 is 4.74 Å². The third-order valence-corrected chi connectivity index (χ3v) is 3.36. The minimum Gasteiger partial charge on any atom is -0.494 e. The molecule has 0 fully saturated rings. The van der Waals surface area contributed by atoms with E-state index in [-0.39, 0.29) is 0 Å². The molecule has 0 spiro atoms. The number of pyridine rings is 1. The van der Waals surface area contributed by atoms with Crippen LogP contribution in [0.5, 0.6) is 5.75 Å². The Bertz CT molecular complexity index is 721.